The van der Waals surface area contributed by atoms with Gasteiger partial charge in [0.25, 0.3) is 0 Å². The van der Waals surface area contributed by atoms with E-state index in [-0.39, 0.29) is 6.04 Å². The minimum Gasteiger partial charge on any atom is -0.346 e. The summed E-state index contributed by atoms with van der Waals surface area (Å²) in [6, 6.07) is 2.42. The lowest BCUT2D eigenvalue weighted by molar-refractivity contribution is 0.316. The highest BCUT2D eigenvalue weighted by Gasteiger charge is 2.25. The molecule has 3 aromatic rings. The first kappa shape index (κ1) is 14.6. The van der Waals surface area contributed by atoms with Gasteiger partial charge < -0.3 is 9.55 Å². The Balaban J connectivity index is 1.62. The van der Waals surface area contributed by atoms with E-state index in [1.807, 2.05) is 18.6 Å². The number of pyridine rings is 1. The number of sulfonamides is 1. The molecule has 122 valence electrons. The number of aromatic amines is 1. The molecule has 0 atom stereocenters. The smallest absolute Gasteiger partial charge is 0.208 e. The van der Waals surface area contributed by atoms with Crippen LogP contribution in [0.5, 0.6) is 0 Å². The van der Waals surface area contributed by atoms with Crippen LogP contribution >= 0.6 is 0 Å². The lowest BCUT2D eigenvalue weighted by Gasteiger charge is -2.29. The van der Waals surface area contributed by atoms with E-state index in [2.05, 4.69) is 24.2 Å². The third-order valence-corrected chi connectivity index (χ3v) is 5.35. The third kappa shape index (κ3) is 2.72. The molecule has 1 aliphatic rings. The van der Waals surface area contributed by atoms with Gasteiger partial charge >= 0.3 is 0 Å². The minimum absolute atomic E-state index is 0.0463. The number of nitrogens with one attached hydrogen (secondary N) is 2. The second kappa shape index (κ2) is 5.31. The molecule has 0 saturated heterocycles. The first-order chi connectivity index (χ1) is 11.0. The number of fused-ring (bicyclic) bond motifs is 3. The van der Waals surface area contributed by atoms with Gasteiger partial charge in [-0.3, -0.25) is 0 Å². The SMILES string of the molecule is CS(=O)(=O)N[C@H]1CC[C@@H](n2cnc3cnc4[nH]ccc4c32)CC1. The summed E-state index contributed by atoms with van der Waals surface area (Å²) in [5.74, 6) is 0. The predicted molar refractivity (Wildman–Crippen MR) is 88.7 cm³/mol. The van der Waals surface area contributed by atoms with Crippen molar-refractivity contribution in [2.45, 2.75) is 37.8 Å². The molecule has 1 saturated carbocycles. The maximum atomic E-state index is 11.4. The van der Waals surface area contributed by atoms with Gasteiger partial charge in [-0.2, -0.15) is 0 Å². The van der Waals surface area contributed by atoms with E-state index in [4.69, 9.17) is 0 Å². The van der Waals surface area contributed by atoms with Crippen LogP contribution in [-0.4, -0.2) is 40.2 Å². The van der Waals surface area contributed by atoms with E-state index in [9.17, 15) is 8.42 Å². The molecule has 1 fully saturated rings. The van der Waals surface area contributed by atoms with Crippen molar-refractivity contribution in [1.29, 1.82) is 0 Å². The molecule has 0 unspecified atom stereocenters. The fourth-order valence-corrected chi connectivity index (χ4v) is 4.42. The van der Waals surface area contributed by atoms with Gasteiger partial charge in [-0.05, 0) is 31.7 Å². The summed E-state index contributed by atoms with van der Waals surface area (Å²) in [5.41, 5.74) is 2.87. The quantitative estimate of drug-likeness (QED) is 0.766. The maximum Gasteiger partial charge on any atom is 0.208 e. The Kier molecular flexibility index (Phi) is 3.38. The van der Waals surface area contributed by atoms with Gasteiger partial charge in [0.05, 0.1) is 24.3 Å². The molecular weight excluding hydrogens is 314 g/mol. The standard InChI is InChI=1S/C15H19N5O2S/c1-23(21,22)19-10-2-4-11(5-3-10)20-9-18-13-8-17-15-12(14(13)20)6-7-16-15/h6-11,19H,2-5H2,1H3,(H,16,17)/t10-,11+. The van der Waals surface area contributed by atoms with Crippen molar-refractivity contribution in [3.8, 4) is 0 Å². The molecule has 3 heterocycles. The Morgan fingerprint density at radius 1 is 1.26 bits per heavy atom. The highest BCUT2D eigenvalue weighted by molar-refractivity contribution is 7.88. The van der Waals surface area contributed by atoms with E-state index in [0.717, 1.165) is 47.8 Å². The second-order valence-corrected chi connectivity index (χ2v) is 8.06. The Morgan fingerprint density at radius 2 is 2.04 bits per heavy atom. The Labute approximate surface area is 134 Å². The molecular formula is C15H19N5O2S. The van der Waals surface area contributed by atoms with Crippen molar-refractivity contribution in [2.75, 3.05) is 6.26 Å². The number of aromatic nitrogens is 4. The van der Waals surface area contributed by atoms with Crippen LogP contribution in [0, 0.1) is 0 Å². The largest absolute Gasteiger partial charge is 0.346 e. The zero-order valence-corrected chi connectivity index (χ0v) is 13.7. The fourth-order valence-electron chi connectivity index (χ4n) is 3.58. The predicted octanol–water partition coefficient (Wildman–Crippen LogP) is 1.95. The number of H-pyrrole nitrogens is 1. The lowest BCUT2D eigenvalue weighted by Crippen LogP contribution is -2.37. The molecule has 4 rings (SSSR count). The van der Waals surface area contributed by atoms with Crippen molar-refractivity contribution in [2.24, 2.45) is 0 Å². The Bertz CT molecular complexity index is 951. The topological polar surface area (TPSA) is 92.7 Å². The summed E-state index contributed by atoms with van der Waals surface area (Å²) in [7, 11) is -3.13. The summed E-state index contributed by atoms with van der Waals surface area (Å²) in [6.07, 6.45) is 10.4. The molecule has 8 heteroatoms. The molecule has 3 aromatic heterocycles. The van der Waals surface area contributed by atoms with Crippen LogP contribution in [0.2, 0.25) is 0 Å². The number of nitrogens with zero attached hydrogens (tertiary/aromatic N) is 3. The Hall–Kier alpha value is -1.93. The van der Waals surface area contributed by atoms with E-state index >= 15 is 0 Å². The van der Waals surface area contributed by atoms with Crippen LogP contribution in [0.4, 0.5) is 0 Å². The molecule has 2 N–H and O–H groups in total. The number of rotatable bonds is 3. The van der Waals surface area contributed by atoms with E-state index in [1.54, 1.807) is 6.20 Å². The average molecular weight is 333 g/mol. The molecule has 23 heavy (non-hydrogen) atoms. The maximum absolute atomic E-state index is 11.4. The molecule has 1 aliphatic carbocycles. The summed E-state index contributed by atoms with van der Waals surface area (Å²) >= 11 is 0. The third-order valence-electron chi connectivity index (χ3n) is 4.59. The van der Waals surface area contributed by atoms with Crippen molar-refractivity contribution >= 4 is 32.1 Å². The van der Waals surface area contributed by atoms with Crippen LogP contribution in [0.15, 0.2) is 24.8 Å². The lowest BCUT2D eigenvalue weighted by atomic mass is 9.91. The molecule has 0 radical (unpaired) electrons. The highest BCUT2D eigenvalue weighted by atomic mass is 32.2. The van der Waals surface area contributed by atoms with Gasteiger partial charge in [0.2, 0.25) is 10.0 Å². The average Bonchev–Trinajstić information content (AvgIpc) is 3.12. The van der Waals surface area contributed by atoms with Gasteiger partial charge in [0.15, 0.2) is 0 Å². The van der Waals surface area contributed by atoms with Crippen LogP contribution < -0.4 is 4.72 Å². The van der Waals surface area contributed by atoms with E-state index in [0.29, 0.717) is 6.04 Å². The molecule has 0 bridgehead atoms. The summed E-state index contributed by atoms with van der Waals surface area (Å²) in [6.45, 7) is 0. The van der Waals surface area contributed by atoms with Gasteiger partial charge in [0.1, 0.15) is 11.2 Å². The van der Waals surface area contributed by atoms with E-state index in [1.165, 1.54) is 6.26 Å². The van der Waals surface area contributed by atoms with Crippen LogP contribution in [-0.2, 0) is 10.0 Å². The van der Waals surface area contributed by atoms with Gasteiger partial charge in [0, 0.05) is 23.7 Å². The minimum atomic E-state index is -3.13. The zero-order valence-electron chi connectivity index (χ0n) is 12.9. The number of hydrogen-bond donors (Lipinski definition) is 2. The first-order valence-corrected chi connectivity index (χ1v) is 9.66. The molecule has 0 spiro atoms. The summed E-state index contributed by atoms with van der Waals surface area (Å²) in [4.78, 5) is 12.0. The van der Waals surface area contributed by atoms with Crippen molar-refractivity contribution in [1.82, 2.24) is 24.2 Å². The van der Waals surface area contributed by atoms with Crippen molar-refractivity contribution in [3.05, 3.63) is 24.8 Å². The van der Waals surface area contributed by atoms with Crippen molar-refractivity contribution in [3.63, 3.8) is 0 Å². The summed E-state index contributed by atoms with van der Waals surface area (Å²) < 4.78 is 27.7. The van der Waals surface area contributed by atoms with Crippen LogP contribution in [0.1, 0.15) is 31.7 Å². The zero-order chi connectivity index (χ0) is 16.0. The summed E-state index contributed by atoms with van der Waals surface area (Å²) in [5, 5.41) is 1.08. The van der Waals surface area contributed by atoms with Crippen LogP contribution in [0.3, 0.4) is 0 Å². The molecule has 7 nitrogen and oxygen atoms in total. The first-order valence-electron chi connectivity index (χ1n) is 7.77. The second-order valence-electron chi connectivity index (χ2n) is 6.28. The van der Waals surface area contributed by atoms with Gasteiger partial charge in [-0.15, -0.1) is 0 Å². The van der Waals surface area contributed by atoms with Crippen molar-refractivity contribution < 1.29 is 8.42 Å². The molecule has 0 aromatic carbocycles. The van der Waals surface area contributed by atoms with E-state index < -0.39 is 10.0 Å². The monoisotopic (exact) mass is 333 g/mol. The van der Waals surface area contributed by atoms with Gasteiger partial charge in [-0.25, -0.2) is 23.1 Å². The fraction of sp³-hybridized carbons (Fsp3) is 0.467. The number of hydrogen-bond acceptors (Lipinski definition) is 4. The van der Waals surface area contributed by atoms with Crippen LogP contribution in [0.25, 0.3) is 22.1 Å². The van der Waals surface area contributed by atoms with Gasteiger partial charge in [-0.1, -0.05) is 0 Å². The molecule has 0 aliphatic heterocycles. The number of imidazole rings is 1. The molecule has 0 amide bonds. The Morgan fingerprint density at radius 3 is 2.78 bits per heavy atom. The highest BCUT2D eigenvalue weighted by Crippen LogP contribution is 2.33. The normalized spacial score (nSPS) is 22.8.